The van der Waals surface area contributed by atoms with Crippen LogP contribution < -0.4 is 5.32 Å². The average Bonchev–Trinajstić information content (AvgIpc) is 2.51. The fourth-order valence-corrected chi connectivity index (χ4v) is 2.20. The van der Waals surface area contributed by atoms with Crippen molar-refractivity contribution in [2.75, 3.05) is 0 Å². The number of nitrogens with zero attached hydrogens (tertiary/aromatic N) is 1. The Morgan fingerprint density at radius 2 is 2.08 bits per heavy atom. The van der Waals surface area contributed by atoms with Gasteiger partial charge in [-0.2, -0.15) is 5.26 Å². The van der Waals surface area contributed by atoms with Crippen LogP contribution in [0.25, 0.3) is 0 Å². The molecule has 1 fully saturated rings. The van der Waals surface area contributed by atoms with Gasteiger partial charge in [0.2, 0.25) is 0 Å². The first-order valence-electron chi connectivity index (χ1n) is 5.35. The van der Waals surface area contributed by atoms with Gasteiger partial charge in [0.15, 0.2) is 0 Å². The van der Waals surface area contributed by atoms with Gasteiger partial charge in [-0.25, -0.2) is 0 Å². The van der Waals surface area contributed by atoms with Crippen molar-refractivity contribution in [3.8, 4) is 6.07 Å². The lowest BCUT2D eigenvalue weighted by Crippen LogP contribution is -2.45. The Hall–Kier alpha value is -0.550. The van der Waals surface area contributed by atoms with Crippen LogP contribution in [0.15, 0.2) is 0 Å². The summed E-state index contributed by atoms with van der Waals surface area (Å²) < 4.78 is 0. The molecule has 1 atom stereocenters. The van der Waals surface area contributed by atoms with Crippen molar-refractivity contribution in [2.24, 2.45) is 0 Å². The van der Waals surface area contributed by atoms with Crippen LogP contribution in [0.1, 0.15) is 52.4 Å². The van der Waals surface area contributed by atoms with Crippen LogP contribution in [0.4, 0.5) is 0 Å². The zero-order valence-corrected chi connectivity index (χ0v) is 8.77. The van der Waals surface area contributed by atoms with Crippen LogP contribution >= 0.6 is 0 Å². The monoisotopic (exact) mass is 180 g/mol. The van der Waals surface area contributed by atoms with Gasteiger partial charge in [0.05, 0.1) is 12.5 Å². The smallest absolute Gasteiger partial charge is 0.0638 e. The molecule has 1 unspecified atom stereocenters. The topological polar surface area (TPSA) is 35.8 Å². The highest BCUT2D eigenvalue weighted by Crippen LogP contribution is 2.29. The first kappa shape index (κ1) is 10.5. The van der Waals surface area contributed by atoms with Crippen molar-refractivity contribution in [1.82, 2.24) is 5.32 Å². The molecule has 0 bridgehead atoms. The third-order valence-electron chi connectivity index (χ3n) is 3.09. The molecule has 0 amide bonds. The van der Waals surface area contributed by atoms with Crippen molar-refractivity contribution >= 4 is 0 Å². The molecule has 0 saturated heterocycles. The number of rotatable bonds is 4. The fourth-order valence-electron chi connectivity index (χ4n) is 2.20. The number of hydrogen-bond acceptors (Lipinski definition) is 2. The van der Waals surface area contributed by atoms with E-state index >= 15 is 0 Å². The van der Waals surface area contributed by atoms with E-state index < -0.39 is 0 Å². The van der Waals surface area contributed by atoms with Gasteiger partial charge in [0.25, 0.3) is 0 Å². The summed E-state index contributed by atoms with van der Waals surface area (Å²) in [5.41, 5.74) is 0.317. The molecule has 74 valence electrons. The first-order valence-corrected chi connectivity index (χ1v) is 5.35. The van der Waals surface area contributed by atoms with Gasteiger partial charge in [0, 0.05) is 11.6 Å². The molecule has 0 spiro atoms. The Labute approximate surface area is 81.3 Å². The molecular weight excluding hydrogens is 160 g/mol. The summed E-state index contributed by atoms with van der Waals surface area (Å²) in [5, 5.41) is 12.3. The van der Waals surface area contributed by atoms with Crippen LogP contribution in [-0.2, 0) is 0 Å². The molecule has 1 saturated carbocycles. The lowest BCUT2D eigenvalue weighted by molar-refractivity contribution is 0.310. The average molecular weight is 180 g/mol. The molecule has 2 nitrogen and oxygen atoms in total. The van der Waals surface area contributed by atoms with E-state index in [-0.39, 0.29) is 0 Å². The summed E-state index contributed by atoms with van der Waals surface area (Å²) in [6.07, 6.45) is 6.93. The van der Waals surface area contributed by atoms with E-state index in [4.69, 9.17) is 5.26 Å². The van der Waals surface area contributed by atoms with E-state index in [1.54, 1.807) is 0 Å². The minimum absolute atomic E-state index is 0.317. The zero-order valence-electron chi connectivity index (χ0n) is 8.77. The molecule has 1 aliphatic rings. The Balaban J connectivity index is 2.40. The van der Waals surface area contributed by atoms with Gasteiger partial charge in [-0.05, 0) is 26.2 Å². The Morgan fingerprint density at radius 3 is 2.54 bits per heavy atom. The molecule has 0 aromatic carbocycles. The molecule has 0 aliphatic heterocycles. The predicted octanol–water partition coefficient (Wildman–Crippen LogP) is 2.60. The maximum absolute atomic E-state index is 8.64. The summed E-state index contributed by atoms with van der Waals surface area (Å²) in [7, 11) is 0. The SMILES string of the molecule is CCC(CC#N)NC1(C)CCCC1. The highest BCUT2D eigenvalue weighted by atomic mass is 15.0. The molecule has 1 rings (SSSR count). The minimum Gasteiger partial charge on any atom is -0.308 e. The number of hydrogen-bond donors (Lipinski definition) is 1. The maximum Gasteiger partial charge on any atom is 0.0638 e. The minimum atomic E-state index is 0.317. The van der Waals surface area contributed by atoms with Crippen molar-refractivity contribution in [2.45, 2.75) is 64.0 Å². The largest absolute Gasteiger partial charge is 0.308 e. The van der Waals surface area contributed by atoms with Gasteiger partial charge in [-0.3, -0.25) is 0 Å². The second-order valence-electron chi connectivity index (χ2n) is 4.38. The second-order valence-corrected chi connectivity index (χ2v) is 4.38. The van der Waals surface area contributed by atoms with E-state index in [2.05, 4.69) is 25.2 Å². The highest BCUT2D eigenvalue weighted by Gasteiger charge is 2.29. The van der Waals surface area contributed by atoms with Crippen LogP contribution in [-0.4, -0.2) is 11.6 Å². The lowest BCUT2D eigenvalue weighted by atomic mass is 9.98. The highest BCUT2D eigenvalue weighted by molar-refractivity contribution is 4.92. The van der Waals surface area contributed by atoms with E-state index in [1.165, 1.54) is 25.7 Å². The second kappa shape index (κ2) is 4.62. The molecule has 2 heteroatoms. The normalized spacial score (nSPS) is 22.5. The van der Waals surface area contributed by atoms with Crippen LogP contribution in [0, 0.1) is 11.3 Å². The molecule has 0 aromatic rings. The van der Waals surface area contributed by atoms with Crippen LogP contribution in [0.2, 0.25) is 0 Å². The summed E-state index contributed by atoms with van der Waals surface area (Å²) in [6, 6.07) is 2.64. The fraction of sp³-hybridized carbons (Fsp3) is 0.909. The zero-order chi connectivity index (χ0) is 9.73. The molecule has 0 radical (unpaired) electrons. The summed E-state index contributed by atoms with van der Waals surface area (Å²) in [4.78, 5) is 0. The van der Waals surface area contributed by atoms with Crippen molar-refractivity contribution in [3.63, 3.8) is 0 Å². The first-order chi connectivity index (χ1) is 6.20. The Morgan fingerprint density at radius 1 is 1.46 bits per heavy atom. The maximum atomic E-state index is 8.64. The predicted molar refractivity (Wildman–Crippen MR) is 54.3 cm³/mol. The Kier molecular flexibility index (Phi) is 3.74. The van der Waals surface area contributed by atoms with Gasteiger partial charge < -0.3 is 5.32 Å². The van der Waals surface area contributed by atoms with Crippen molar-refractivity contribution in [1.29, 1.82) is 5.26 Å². The molecule has 0 aromatic heterocycles. The van der Waals surface area contributed by atoms with E-state index in [1.807, 2.05) is 0 Å². The van der Waals surface area contributed by atoms with E-state index in [9.17, 15) is 0 Å². The van der Waals surface area contributed by atoms with Crippen molar-refractivity contribution < 1.29 is 0 Å². The van der Waals surface area contributed by atoms with E-state index in [0.29, 0.717) is 18.0 Å². The van der Waals surface area contributed by atoms with Gasteiger partial charge in [0.1, 0.15) is 0 Å². The van der Waals surface area contributed by atoms with Gasteiger partial charge in [-0.15, -0.1) is 0 Å². The number of nitriles is 1. The third kappa shape index (κ3) is 3.00. The van der Waals surface area contributed by atoms with Crippen LogP contribution in [0.5, 0.6) is 0 Å². The molecule has 1 aliphatic carbocycles. The molecule has 13 heavy (non-hydrogen) atoms. The third-order valence-corrected chi connectivity index (χ3v) is 3.09. The summed E-state index contributed by atoms with van der Waals surface area (Å²) in [6.45, 7) is 4.44. The Bertz CT molecular complexity index is 187. The summed E-state index contributed by atoms with van der Waals surface area (Å²) in [5.74, 6) is 0. The molecule has 0 heterocycles. The van der Waals surface area contributed by atoms with Gasteiger partial charge in [-0.1, -0.05) is 19.8 Å². The summed E-state index contributed by atoms with van der Waals surface area (Å²) >= 11 is 0. The standard InChI is InChI=1S/C11H20N2/c1-3-10(6-9-12)13-11(2)7-4-5-8-11/h10,13H,3-8H2,1-2H3. The molecular formula is C11H20N2. The van der Waals surface area contributed by atoms with Crippen LogP contribution in [0.3, 0.4) is 0 Å². The van der Waals surface area contributed by atoms with E-state index in [0.717, 1.165) is 6.42 Å². The quantitative estimate of drug-likeness (QED) is 0.722. The number of nitrogens with one attached hydrogen (secondary N) is 1. The van der Waals surface area contributed by atoms with Crippen molar-refractivity contribution in [3.05, 3.63) is 0 Å². The molecule has 1 N–H and O–H groups in total. The van der Waals surface area contributed by atoms with Gasteiger partial charge >= 0.3 is 0 Å². The lowest BCUT2D eigenvalue weighted by Gasteiger charge is -2.30.